The number of carbonyl (C=O) groups is 1. The molecule has 0 bridgehead atoms. The summed E-state index contributed by atoms with van der Waals surface area (Å²) in [5.74, 6) is -0.0260. The summed E-state index contributed by atoms with van der Waals surface area (Å²) in [7, 11) is 0. The third-order valence-electron chi connectivity index (χ3n) is 2.73. The van der Waals surface area contributed by atoms with Crippen molar-refractivity contribution >= 4 is 23.4 Å². The van der Waals surface area contributed by atoms with Gasteiger partial charge >= 0.3 is 0 Å². The van der Waals surface area contributed by atoms with Gasteiger partial charge in [-0.05, 0) is 43.7 Å². The predicted molar refractivity (Wildman–Crippen MR) is 72.5 cm³/mol. The largest absolute Gasteiger partial charge is 0.326 e. The summed E-state index contributed by atoms with van der Waals surface area (Å²) in [5, 5.41) is 6.87. The van der Waals surface area contributed by atoms with E-state index in [4.69, 9.17) is 0 Å². The molecule has 1 aromatic carbocycles. The van der Waals surface area contributed by atoms with Crippen molar-refractivity contribution in [2.45, 2.75) is 29.9 Å². The molecule has 1 aliphatic rings. The summed E-state index contributed by atoms with van der Waals surface area (Å²) < 4.78 is 0. The SMILES string of the molecule is CC(=O)Nc1ccc(SC2CCCNC2)cc1. The molecule has 1 fully saturated rings. The zero-order chi connectivity index (χ0) is 12.1. The Morgan fingerprint density at radius 1 is 1.41 bits per heavy atom. The van der Waals surface area contributed by atoms with Crippen molar-refractivity contribution in [2.24, 2.45) is 0 Å². The molecule has 1 aromatic rings. The van der Waals surface area contributed by atoms with Crippen molar-refractivity contribution in [3.05, 3.63) is 24.3 Å². The van der Waals surface area contributed by atoms with Crippen molar-refractivity contribution in [1.29, 1.82) is 0 Å². The summed E-state index contributed by atoms with van der Waals surface area (Å²) in [6.07, 6.45) is 2.55. The van der Waals surface area contributed by atoms with Gasteiger partial charge in [0.15, 0.2) is 0 Å². The molecule has 0 radical (unpaired) electrons. The fraction of sp³-hybridized carbons (Fsp3) is 0.462. The van der Waals surface area contributed by atoms with E-state index in [0.717, 1.165) is 18.8 Å². The van der Waals surface area contributed by atoms with Gasteiger partial charge in [-0.1, -0.05) is 0 Å². The molecule has 0 aliphatic carbocycles. The molecule has 0 spiro atoms. The third-order valence-corrected chi connectivity index (χ3v) is 4.01. The lowest BCUT2D eigenvalue weighted by atomic mass is 10.2. The molecule has 1 aliphatic heterocycles. The summed E-state index contributed by atoms with van der Waals surface area (Å²) in [5.41, 5.74) is 0.864. The van der Waals surface area contributed by atoms with Crippen LogP contribution >= 0.6 is 11.8 Å². The Morgan fingerprint density at radius 2 is 2.18 bits per heavy atom. The molecule has 1 heterocycles. The first-order chi connectivity index (χ1) is 8.24. The predicted octanol–water partition coefficient (Wildman–Crippen LogP) is 2.49. The standard InChI is InChI=1S/C13H18N2OS/c1-10(16)15-11-4-6-12(7-5-11)17-13-3-2-8-14-9-13/h4-7,13-14H,2-3,8-9H2,1H3,(H,15,16). The highest BCUT2D eigenvalue weighted by atomic mass is 32.2. The molecule has 0 aromatic heterocycles. The number of thioether (sulfide) groups is 1. The van der Waals surface area contributed by atoms with Crippen LogP contribution in [0.5, 0.6) is 0 Å². The van der Waals surface area contributed by atoms with E-state index in [0.29, 0.717) is 5.25 Å². The lowest BCUT2D eigenvalue weighted by Gasteiger charge is -2.22. The number of piperidine rings is 1. The molecular weight excluding hydrogens is 232 g/mol. The van der Waals surface area contributed by atoms with Crippen molar-refractivity contribution in [2.75, 3.05) is 18.4 Å². The van der Waals surface area contributed by atoms with Crippen molar-refractivity contribution < 1.29 is 4.79 Å². The lowest BCUT2D eigenvalue weighted by molar-refractivity contribution is -0.114. The van der Waals surface area contributed by atoms with Gasteiger partial charge in [0, 0.05) is 29.3 Å². The van der Waals surface area contributed by atoms with Crippen LogP contribution in [0.25, 0.3) is 0 Å². The van der Waals surface area contributed by atoms with Crippen LogP contribution in [0.4, 0.5) is 5.69 Å². The maximum atomic E-state index is 10.9. The summed E-state index contributed by atoms with van der Waals surface area (Å²) in [6, 6.07) is 8.06. The van der Waals surface area contributed by atoms with Crippen LogP contribution in [0.3, 0.4) is 0 Å². The van der Waals surface area contributed by atoms with Gasteiger partial charge in [0.2, 0.25) is 5.91 Å². The number of nitrogens with one attached hydrogen (secondary N) is 2. The molecule has 1 unspecified atom stereocenters. The van der Waals surface area contributed by atoms with Crippen molar-refractivity contribution in [3.8, 4) is 0 Å². The van der Waals surface area contributed by atoms with E-state index in [1.807, 2.05) is 23.9 Å². The number of anilines is 1. The molecule has 2 rings (SSSR count). The fourth-order valence-corrected chi connectivity index (χ4v) is 3.10. The number of hydrogen-bond acceptors (Lipinski definition) is 3. The molecular formula is C13H18N2OS. The Hall–Kier alpha value is -1.00. The molecule has 2 N–H and O–H groups in total. The van der Waals surface area contributed by atoms with E-state index in [1.54, 1.807) is 0 Å². The molecule has 4 heteroatoms. The Bertz CT molecular complexity index is 372. The van der Waals surface area contributed by atoms with E-state index in [2.05, 4.69) is 22.8 Å². The smallest absolute Gasteiger partial charge is 0.221 e. The van der Waals surface area contributed by atoms with Crippen LogP contribution in [0, 0.1) is 0 Å². The van der Waals surface area contributed by atoms with Gasteiger partial charge in [-0.3, -0.25) is 4.79 Å². The van der Waals surface area contributed by atoms with Crippen LogP contribution in [-0.2, 0) is 4.79 Å². The number of hydrogen-bond donors (Lipinski definition) is 2. The van der Waals surface area contributed by atoms with Crippen molar-refractivity contribution in [1.82, 2.24) is 5.32 Å². The van der Waals surface area contributed by atoms with Crippen LogP contribution in [-0.4, -0.2) is 24.2 Å². The van der Waals surface area contributed by atoms with Gasteiger partial charge in [-0.25, -0.2) is 0 Å². The average molecular weight is 250 g/mol. The zero-order valence-electron chi connectivity index (χ0n) is 10.0. The minimum absolute atomic E-state index is 0.0260. The normalized spacial score (nSPS) is 19.9. The van der Waals surface area contributed by atoms with E-state index in [-0.39, 0.29) is 5.91 Å². The zero-order valence-corrected chi connectivity index (χ0v) is 10.8. The topological polar surface area (TPSA) is 41.1 Å². The maximum Gasteiger partial charge on any atom is 0.221 e. The monoisotopic (exact) mass is 250 g/mol. The Labute approximate surface area is 106 Å². The number of benzene rings is 1. The Morgan fingerprint density at radius 3 is 2.76 bits per heavy atom. The highest BCUT2D eigenvalue weighted by molar-refractivity contribution is 8.00. The highest BCUT2D eigenvalue weighted by Gasteiger charge is 2.13. The number of amides is 1. The first-order valence-corrected chi connectivity index (χ1v) is 6.87. The molecule has 1 saturated heterocycles. The highest BCUT2D eigenvalue weighted by Crippen LogP contribution is 2.28. The number of carbonyl (C=O) groups excluding carboxylic acids is 1. The minimum Gasteiger partial charge on any atom is -0.326 e. The fourth-order valence-electron chi connectivity index (χ4n) is 1.93. The van der Waals surface area contributed by atoms with Gasteiger partial charge in [0.1, 0.15) is 0 Å². The number of rotatable bonds is 3. The first kappa shape index (κ1) is 12.5. The van der Waals surface area contributed by atoms with Crippen LogP contribution in [0.15, 0.2) is 29.2 Å². The maximum absolute atomic E-state index is 10.9. The molecule has 1 atom stereocenters. The minimum atomic E-state index is -0.0260. The Kier molecular flexibility index (Phi) is 4.45. The van der Waals surface area contributed by atoms with Gasteiger partial charge in [0.25, 0.3) is 0 Å². The van der Waals surface area contributed by atoms with Crippen molar-refractivity contribution in [3.63, 3.8) is 0 Å². The second-order valence-corrected chi connectivity index (χ2v) is 5.67. The van der Waals surface area contributed by atoms with Crippen LogP contribution < -0.4 is 10.6 Å². The van der Waals surface area contributed by atoms with E-state index in [9.17, 15) is 4.79 Å². The van der Waals surface area contributed by atoms with Crippen LogP contribution in [0.1, 0.15) is 19.8 Å². The first-order valence-electron chi connectivity index (χ1n) is 5.99. The summed E-state index contributed by atoms with van der Waals surface area (Å²) >= 11 is 1.92. The quantitative estimate of drug-likeness (QED) is 0.866. The van der Waals surface area contributed by atoms with Gasteiger partial charge in [-0.15, -0.1) is 11.8 Å². The molecule has 1 amide bonds. The summed E-state index contributed by atoms with van der Waals surface area (Å²) in [6.45, 7) is 3.77. The Balaban J connectivity index is 1.90. The molecule has 3 nitrogen and oxygen atoms in total. The van der Waals surface area contributed by atoms with Crippen LogP contribution in [0.2, 0.25) is 0 Å². The average Bonchev–Trinajstić information content (AvgIpc) is 2.32. The van der Waals surface area contributed by atoms with E-state index >= 15 is 0 Å². The van der Waals surface area contributed by atoms with Gasteiger partial charge < -0.3 is 10.6 Å². The van der Waals surface area contributed by atoms with Gasteiger partial charge in [0.05, 0.1) is 0 Å². The molecule has 0 saturated carbocycles. The lowest BCUT2D eigenvalue weighted by Crippen LogP contribution is -2.31. The third kappa shape index (κ3) is 4.06. The summed E-state index contributed by atoms with van der Waals surface area (Å²) in [4.78, 5) is 12.2. The van der Waals surface area contributed by atoms with E-state index < -0.39 is 0 Å². The second kappa shape index (κ2) is 6.07. The van der Waals surface area contributed by atoms with E-state index in [1.165, 1.54) is 24.7 Å². The second-order valence-electron chi connectivity index (χ2n) is 4.29. The molecule has 92 valence electrons. The molecule has 17 heavy (non-hydrogen) atoms. The van der Waals surface area contributed by atoms with Gasteiger partial charge in [-0.2, -0.15) is 0 Å².